The topological polar surface area (TPSA) is 35.6 Å². The fraction of sp³-hybridized carbons (Fsp3) is 0.611. The second kappa shape index (κ2) is 7.77. The standard InChI is InChI=1S/C18H26FN3O/c19-16-7-5-15(6-8-16)17-9-13-22(17)18(23)20-10-14-21-11-3-1-2-4-12-21/h5-8,17H,1-4,9-14H2,(H,20,23). The highest BCUT2D eigenvalue weighted by Crippen LogP contribution is 2.33. The number of likely N-dealkylation sites (tertiary alicyclic amines) is 2. The van der Waals surface area contributed by atoms with E-state index < -0.39 is 0 Å². The minimum Gasteiger partial charge on any atom is -0.337 e. The Bertz CT molecular complexity index is 512. The van der Waals surface area contributed by atoms with E-state index in [9.17, 15) is 9.18 Å². The van der Waals surface area contributed by atoms with Gasteiger partial charge in [-0.1, -0.05) is 25.0 Å². The quantitative estimate of drug-likeness (QED) is 0.925. The van der Waals surface area contributed by atoms with Gasteiger partial charge in [-0.2, -0.15) is 0 Å². The van der Waals surface area contributed by atoms with Crippen LogP contribution in [0.4, 0.5) is 9.18 Å². The zero-order valence-corrected chi connectivity index (χ0v) is 13.6. The molecular formula is C18H26FN3O. The van der Waals surface area contributed by atoms with E-state index in [-0.39, 0.29) is 17.9 Å². The first kappa shape index (κ1) is 16.2. The fourth-order valence-corrected chi connectivity index (χ4v) is 3.44. The molecule has 1 aromatic rings. The molecule has 1 atom stereocenters. The van der Waals surface area contributed by atoms with Gasteiger partial charge in [-0.3, -0.25) is 0 Å². The number of carbonyl (C=O) groups is 1. The van der Waals surface area contributed by atoms with E-state index in [1.165, 1.54) is 37.8 Å². The normalized spacial score (nSPS) is 22.3. The molecule has 3 rings (SSSR count). The molecular weight excluding hydrogens is 293 g/mol. The van der Waals surface area contributed by atoms with Crippen LogP contribution >= 0.6 is 0 Å². The first-order valence-corrected chi connectivity index (χ1v) is 8.76. The zero-order chi connectivity index (χ0) is 16.1. The van der Waals surface area contributed by atoms with Gasteiger partial charge in [0.1, 0.15) is 5.82 Å². The number of halogens is 1. The third-order valence-corrected chi connectivity index (χ3v) is 4.94. The van der Waals surface area contributed by atoms with Crippen molar-refractivity contribution in [3.8, 4) is 0 Å². The van der Waals surface area contributed by atoms with Crippen LogP contribution in [0.2, 0.25) is 0 Å². The maximum atomic E-state index is 13.0. The monoisotopic (exact) mass is 319 g/mol. The lowest BCUT2D eigenvalue weighted by atomic mass is 9.95. The van der Waals surface area contributed by atoms with Gasteiger partial charge in [-0.05, 0) is 50.0 Å². The number of carbonyl (C=O) groups excluding carboxylic acids is 1. The van der Waals surface area contributed by atoms with Crippen LogP contribution in [0.25, 0.3) is 0 Å². The van der Waals surface area contributed by atoms with Gasteiger partial charge in [0, 0.05) is 19.6 Å². The molecule has 0 radical (unpaired) electrons. The van der Waals surface area contributed by atoms with Gasteiger partial charge in [-0.15, -0.1) is 0 Å². The summed E-state index contributed by atoms with van der Waals surface area (Å²) in [5.74, 6) is -0.235. The third kappa shape index (κ3) is 4.22. The summed E-state index contributed by atoms with van der Waals surface area (Å²) in [6, 6.07) is 6.56. The first-order valence-electron chi connectivity index (χ1n) is 8.76. The van der Waals surface area contributed by atoms with Crippen LogP contribution in [-0.4, -0.2) is 48.6 Å². The molecule has 0 aliphatic carbocycles. The number of nitrogens with zero attached hydrogens (tertiary/aromatic N) is 2. The van der Waals surface area contributed by atoms with Crippen LogP contribution in [0.3, 0.4) is 0 Å². The largest absolute Gasteiger partial charge is 0.337 e. The SMILES string of the molecule is O=C(NCCN1CCCCCC1)N1CCC1c1ccc(F)cc1. The molecule has 2 fully saturated rings. The lowest BCUT2D eigenvalue weighted by Crippen LogP contribution is -2.51. The van der Waals surface area contributed by atoms with Crippen molar-refractivity contribution < 1.29 is 9.18 Å². The Morgan fingerprint density at radius 2 is 1.78 bits per heavy atom. The van der Waals surface area contributed by atoms with Crippen molar-refractivity contribution in [1.82, 2.24) is 15.1 Å². The maximum absolute atomic E-state index is 13.0. The summed E-state index contributed by atoms with van der Waals surface area (Å²) in [6.07, 6.45) is 6.15. The summed E-state index contributed by atoms with van der Waals surface area (Å²) >= 11 is 0. The van der Waals surface area contributed by atoms with Crippen LogP contribution < -0.4 is 5.32 Å². The highest BCUT2D eigenvalue weighted by molar-refractivity contribution is 5.75. The first-order chi connectivity index (χ1) is 11.2. The third-order valence-electron chi connectivity index (χ3n) is 4.94. The van der Waals surface area contributed by atoms with Gasteiger partial charge in [-0.25, -0.2) is 9.18 Å². The molecule has 0 saturated carbocycles. The van der Waals surface area contributed by atoms with Crippen molar-refractivity contribution in [2.24, 2.45) is 0 Å². The highest BCUT2D eigenvalue weighted by Gasteiger charge is 2.33. The molecule has 0 spiro atoms. The van der Waals surface area contributed by atoms with E-state index in [2.05, 4.69) is 10.2 Å². The minimum absolute atomic E-state index is 0.000368. The van der Waals surface area contributed by atoms with E-state index in [4.69, 9.17) is 0 Å². The van der Waals surface area contributed by atoms with Crippen molar-refractivity contribution in [1.29, 1.82) is 0 Å². The van der Waals surface area contributed by atoms with Gasteiger partial charge in [0.05, 0.1) is 6.04 Å². The Balaban J connectivity index is 1.44. The smallest absolute Gasteiger partial charge is 0.317 e. The van der Waals surface area contributed by atoms with E-state index in [0.717, 1.165) is 38.2 Å². The average molecular weight is 319 g/mol. The highest BCUT2D eigenvalue weighted by atomic mass is 19.1. The summed E-state index contributed by atoms with van der Waals surface area (Å²) in [5.41, 5.74) is 1.01. The van der Waals surface area contributed by atoms with Crippen molar-refractivity contribution in [3.05, 3.63) is 35.6 Å². The van der Waals surface area contributed by atoms with Gasteiger partial charge in [0.25, 0.3) is 0 Å². The molecule has 4 nitrogen and oxygen atoms in total. The Hall–Kier alpha value is -1.62. The zero-order valence-electron chi connectivity index (χ0n) is 13.6. The van der Waals surface area contributed by atoms with Crippen LogP contribution in [0, 0.1) is 5.82 Å². The number of nitrogens with one attached hydrogen (secondary N) is 1. The maximum Gasteiger partial charge on any atom is 0.317 e. The van der Waals surface area contributed by atoms with E-state index in [0.29, 0.717) is 6.54 Å². The molecule has 2 heterocycles. The number of hydrogen-bond donors (Lipinski definition) is 1. The number of rotatable bonds is 4. The van der Waals surface area contributed by atoms with E-state index >= 15 is 0 Å². The van der Waals surface area contributed by atoms with Crippen LogP contribution in [0.5, 0.6) is 0 Å². The van der Waals surface area contributed by atoms with Crippen molar-refractivity contribution in [3.63, 3.8) is 0 Å². The van der Waals surface area contributed by atoms with E-state index in [1.807, 2.05) is 4.90 Å². The molecule has 2 aliphatic rings. The number of urea groups is 1. The summed E-state index contributed by atoms with van der Waals surface area (Å²) in [7, 11) is 0. The van der Waals surface area contributed by atoms with Crippen LogP contribution in [-0.2, 0) is 0 Å². The average Bonchev–Trinajstić information content (AvgIpc) is 2.77. The van der Waals surface area contributed by atoms with E-state index in [1.54, 1.807) is 12.1 Å². The molecule has 5 heteroatoms. The molecule has 126 valence electrons. The fourth-order valence-electron chi connectivity index (χ4n) is 3.44. The van der Waals surface area contributed by atoms with Crippen molar-refractivity contribution >= 4 is 6.03 Å². The molecule has 1 N–H and O–H groups in total. The lowest BCUT2D eigenvalue weighted by Gasteiger charge is -2.41. The number of amides is 2. The molecule has 0 bridgehead atoms. The second-order valence-electron chi connectivity index (χ2n) is 6.54. The van der Waals surface area contributed by atoms with Gasteiger partial charge < -0.3 is 15.1 Å². The molecule has 2 amide bonds. The number of hydrogen-bond acceptors (Lipinski definition) is 2. The Morgan fingerprint density at radius 1 is 1.09 bits per heavy atom. The molecule has 1 aromatic carbocycles. The number of benzene rings is 1. The van der Waals surface area contributed by atoms with Gasteiger partial charge >= 0.3 is 6.03 Å². The van der Waals surface area contributed by atoms with Crippen molar-refractivity contribution in [2.75, 3.05) is 32.7 Å². The Kier molecular flexibility index (Phi) is 5.49. The molecule has 2 aliphatic heterocycles. The van der Waals surface area contributed by atoms with Gasteiger partial charge in [0.2, 0.25) is 0 Å². The van der Waals surface area contributed by atoms with Crippen LogP contribution in [0.15, 0.2) is 24.3 Å². The van der Waals surface area contributed by atoms with Crippen molar-refractivity contribution in [2.45, 2.75) is 38.1 Å². The van der Waals surface area contributed by atoms with Crippen LogP contribution in [0.1, 0.15) is 43.7 Å². The molecule has 1 unspecified atom stereocenters. The lowest BCUT2D eigenvalue weighted by molar-refractivity contribution is 0.114. The molecule has 0 aromatic heterocycles. The Labute approximate surface area is 137 Å². The summed E-state index contributed by atoms with van der Waals surface area (Å²) in [4.78, 5) is 16.6. The predicted molar refractivity (Wildman–Crippen MR) is 88.8 cm³/mol. The summed E-state index contributed by atoms with van der Waals surface area (Å²) in [5, 5.41) is 3.03. The second-order valence-corrected chi connectivity index (χ2v) is 6.54. The Morgan fingerprint density at radius 3 is 2.39 bits per heavy atom. The summed E-state index contributed by atoms with van der Waals surface area (Å²) in [6.45, 7) is 4.71. The molecule has 2 saturated heterocycles. The van der Waals surface area contributed by atoms with Gasteiger partial charge in [0.15, 0.2) is 0 Å². The minimum atomic E-state index is -0.235. The summed E-state index contributed by atoms with van der Waals surface area (Å²) < 4.78 is 13.0. The predicted octanol–water partition coefficient (Wildman–Crippen LogP) is 3.16. The molecule has 23 heavy (non-hydrogen) atoms.